The van der Waals surface area contributed by atoms with Crippen LogP contribution in [0.5, 0.6) is 0 Å². The van der Waals surface area contributed by atoms with Crippen molar-refractivity contribution in [3.8, 4) is 11.1 Å². The molecular weight excluding hydrogens is 640 g/mol. The summed E-state index contributed by atoms with van der Waals surface area (Å²) in [7, 11) is -3.41. The summed E-state index contributed by atoms with van der Waals surface area (Å²) in [5.41, 5.74) is 15.7. The second-order valence-electron chi connectivity index (χ2n) is 14.5. The van der Waals surface area contributed by atoms with Crippen molar-refractivity contribution in [2.75, 3.05) is 0 Å². The molecule has 0 heterocycles. The molecule has 0 aromatic heterocycles. The van der Waals surface area contributed by atoms with Crippen LogP contribution in [-0.4, -0.2) is 19.4 Å². The van der Waals surface area contributed by atoms with Gasteiger partial charge in [-0.2, -0.15) is 0 Å². The molecular formula is C41H47Si2Zr. The average Bonchev–Trinajstić information content (AvgIpc) is 3.65. The molecule has 223 valence electrons. The number of allylic oxidation sites excluding steroid dienone is 4. The third-order valence-electron chi connectivity index (χ3n) is 9.39. The normalized spacial score (nSPS) is 15.5. The van der Waals surface area contributed by atoms with Gasteiger partial charge >= 0.3 is 281 Å². The molecule has 3 heteroatoms. The SMILES string of the molecule is CCc1ccc2c(c1)[CH]([Zr]=[C](c1ccccc1)c1ccccc1)c1c(C3=CC=CC3)c(CC)c([Si](C)(C)C)c([Si](C)(C)C)c1-2. The van der Waals surface area contributed by atoms with Crippen LogP contribution in [0.25, 0.3) is 16.7 Å². The summed E-state index contributed by atoms with van der Waals surface area (Å²) in [5, 5.41) is 3.57. The van der Waals surface area contributed by atoms with Gasteiger partial charge in [-0.3, -0.25) is 0 Å². The van der Waals surface area contributed by atoms with Gasteiger partial charge in [-0.05, 0) is 0 Å². The zero-order valence-electron chi connectivity index (χ0n) is 27.9. The fourth-order valence-electron chi connectivity index (χ4n) is 7.61. The van der Waals surface area contributed by atoms with Gasteiger partial charge in [-0.25, -0.2) is 0 Å². The van der Waals surface area contributed by atoms with Crippen LogP contribution in [0.2, 0.25) is 39.3 Å². The number of hydrogen-bond acceptors (Lipinski definition) is 0. The van der Waals surface area contributed by atoms with Crippen molar-refractivity contribution in [3.05, 3.63) is 136 Å². The Kier molecular flexibility index (Phi) is 8.88. The van der Waals surface area contributed by atoms with E-state index in [1.165, 1.54) is 16.7 Å². The zero-order chi connectivity index (χ0) is 31.2. The van der Waals surface area contributed by atoms with E-state index in [1.807, 2.05) is 0 Å². The van der Waals surface area contributed by atoms with Crippen LogP contribution in [0.3, 0.4) is 0 Å². The van der Waals surface area contributed by atoms with E-state index < -0.39 is 38.9 Å². The van der Waals surface area contributed by atoms with Crippen molar-refractivity contribution in [1.29, 1.82) is 0 Å². The van der Waals surface area contributed by atoms with E-state index in [4.69, 9.17) is 0 Å². The number of hydrogen-bond donors (Lipinski definition) is 0. The fourth-order valence-corrected chi connectivity index (χ4v) is 18.2. The van der Waals surface area contributed by atoms with Gasteiger partial charge in [0.1, 0.15) is 0 Å². The Hall–Kier alpha value is -2.45. The quantitative estimate of drug-likeness (QED) is 0.162. The molecule has 1 unspecified atom stereocenters. The summed E-state index contributed by atoms with van der Waals surface area (Å²) in [6.07, 6.45) is 10.4. The maximum atomic E-state index is 2.62. The summed E-state index contributed by atoms with van der Waals surface area (Å²) in [5.74, 6) is 0. The molecule has 0 nitrogen and oxygen atoms in total. The first-order chi connectivity index (χ1) is 21.0. The second-order valence-corrected chi connectivity index (χ2v) is 27.9. The predicted octanol–water partition coefficient (Wildman–Crippen LogP) is 9.67. The molecule has 6 rings (SSSR count). The third kappa shape index (κ3) is 5.70. The van der Waals surface area contributed by atoms with Gasteiger partial charge < -0.3 is 0 Å². The Balaban J connectivity index is 1.81. The van der Waals surface area contributed by atoms with Gasteiger partial charge in [-0.1, -0.05) is 0 Å². The van der Waals surface area contributed by atoms with Crippen molar-refractivity contribution in [3.63, 3.8) is 0 Å². The van der Waals surface area contributed by atoms with Crippen molar-refractivity contribution >= 4 is 35.3 Å². The predicted molar refractivity (Wildman–Crippen MR) is 196 cm³/mol. The molecule has 0 saturated carbocycles. The summed E-state index contributed by atoms with van der Waals surface area (Å²) in [4.78, 5) is 0. The molecule has 0 amide bonds. The van der Waals surface area contributed by atoms with Crippen molar-refractivity contribution in [2.45, 2.75) is 76.0 Å². The molecule has 0 saturated heterocycles. The van der Waals surface area contributed by atoms with Crippen LogP contribution < -0.4 is 10.4 Å². The van der Waals surface area contributed by atoms with Crippen molar-refractivity contribution in [2.24, 2.45) is 0 Å². The van der Waals surface area contributed by atoms with E-state index in [9.17, 15) is 0 Å². The summed E-state index contributed by atoms with van der Waals surface area (Å²) in [6.45, 7) is 20.4. The monoisotopic (exact) mass is 685 g/mol. The van der Waals surface area contributed by atoms with Crippen LogP contribution >= 0.6 is 0 Å². The Morgan fingerprint density at radius 1 is 0.727 bits per heavy atom. The van der Waals surface area contributed by atoms with E-state index >= 15 is 0 Å². The second kappa shape index (κ2) is 12.4. The Labute approximate surface area is 279 Å². The van der Waals surface area contributed by atoms with Crippen LogP contribution in [0.15, 0.2) is 97.1 Å². The van der Waals surface area contributed by atoms with E-state index in [-0.39, 0.29) is 0 Å². The van der Waals surface area contributed by atoms with Crippen LogP contribution in [0.4, 0.5) is 0 Å². The number of benzene rings is 4. The first-order valence-electron chi connectivity index (χ1n) is 16.5. The van der Waals surface area contributed by atoms with Gasteiger partial charge in [0.25, 0.3) is 0 Å². The van der Waals surface area contributed by atoms with Gasteiger partial charge in [0, 0.05) is 0 Å². The van der Waals surface area contributed by atoms with E-state index in [0.29, 0.717) is 3.63 Å². The topological polar surface area (TPSA) is 0 Å². The molecule has 44 heavy (non-hydrogen) atoms. The molecule has 0 aliphatic heterocycles. The fraction of sp³-hybridized carbons (Fsp3) is 0.293. The van der Waals surface area contributed by atoms with E-state index in [0.717, 1.165) is 19.3 Å². The molecule has 0 N–H and O–H groups in total. The van der Waals surface area contributed by atoms with Gasteiger partial charge in [0.05, 0.1) is 0 Å². The average molecular weight is 687 g/mol. The van der Waals surface area contributed by atoms with E-state index in [1.54, 1.807) is 52.5 Å². The maximum absolute atomic E-state index is 2.62. The van der Waals surface area contributed by atoms with Crippen LogP contribution in [0, 0.1) is 0 Å². The first-order valence-corrected chi connectivity index (χ1v) is 26.2. The Bertz CT molecular complexity index is 1750. The van der Waals surface area contributed by atoms with Gasteiger partial charge in [-0.15, -0.1) is 0 Å². The van der Waals surface area contributed by atoms with Crippen LogP contribution in [-0.2, 0) is 35.6 Å². The number of rotatable bonds is 8. The standard InChI is InChI=1S/C28H37Si2.C13H10.Zr/c1-9-19-15-16-23-21(17-19)18-24-25(20-13-11-12-14-20)22(10-2)27(29(3,4)5)28(26(23)24)30(6,7)8;1-3-7-12(8-4-1)11-13-9-5-2-6-10-13;/h11-13,15-18H,9-10,14H2,1-8H3;1-10H;. The van der Waals surface area contributed by atoms with E-state index in [2.05, 4.69) is 150 Å². The first kappa shape index (κ1) is 31.5. The molecule has 0 spiro atoms. The van der Waals surface area contributed by atoms with Gasteiger partial charge in [0.2, 0.25) is 0 Å². The minimum absolute atomic E-state index is 0.484. The van der Waals surface area contributed by atoms with Crippen molar-refractivity contribution in [1.82, 2.24) is 0 Å². The third-order valence-corrected chi connectivity index (χ3v) is 18.0. The molecule has 0 bridgehead atoms. The molecule has 2 aliphatic carbocycles. The molecule has 4 aromatic carbocycles. The van der Waals surface area contributed by atoms with Crippen molar-refractivity contribution < 1.29 is 22.8 Å². The number of fused-ring (bicyclic) bond motifs is 3. The summed E-state index contributed by atoms with van der Waals surface area (Å²) >= 11 is -1.22. The molecule has 1 atom stereocenters. The zero-order valence-corrected chi connectivity index (χ0v) is 32.4. The summed E-state index contributed by atoms with van der Waals surface area (Å²) in [6, 6.07) is 30.2. The number of aryl methyl sites for hydroxylation is 1. The molecule has 0 radical (unpaired) electrons. The van der Waals surface area contributed by atoms with Crippen LogP contribution in [0.1, 0.15) is 62.8 Å². The molecule has 2 aliphatic rings. The minimum atomic E-state index is -1.73. The summed E-state index contributed by atoms with van der Waals surface area (Å²) < 4.78 is 2.10. The molecule has 4 aromatic rings. The Morgan fingerprint density at radius 2 is 1.34 bits per heavy atom. The molecule has 0 fully saturated rings. The Morgan fingerprint density at radius 3 is 1.84 bits per heavy atom. The van der Waals surface area contributed by atoms with Gasteiger partial charge in [0.15, 0.2) is 0 Å².